The monoisotopic (exact) mass is 554 g/mol. The van der Waals surface area contributed by atoms with E-state index >= 15 is 0 Å². The first-order valence-corrected chi connectivity index (χ1v) is 11.6. The van der Waals surface area contributed by atoms with Gasteiger partial charge in [0.15, 0.2) is 0 Å². The summed E-state index contributed by atoms with van der Waals surface area (Å²) in [6, 6.07) is 7.44. The number of alkyl carbamates (subject to hydrolysis) is 1. The lowest BCUT2D eigenvalue weighted by molar-refractivity contribution is 0.0497. The standard InChI is InChI=1S/C23H25F2IN4O2/c1-23(2,3)32-22(31)28-17-6-8-29(9-7-17)21-18(14-10-15(24)12-16(25)11-14)13-27-30-19(21)4-5-20(30)26/h4-5,10-13,17H,6-9H2,1-3H3,(H,28,31). The number of hydrogen-bond acceptors (Lipinski definition) is 4. The molecule has 4 rings (SSSR count). The summed E-state index contributed by atoms with van der Waals surface area (Å²) in [6.45, 7) is 6.85. The fourth-order valence-corrected chi connectivity index (χ4v) is 4.55. The van der Waals surface area contributed by atoms with Crippen LogP contribution in [0.5, 0.6) is 0 Å². The van der Waals surface area contributed by atoms with Crippen molar-refractivity contribution in [2.75, 3.05) is 18.0 Å². The molecule has 1 N–H and O–H groups in total. The zero-order valence-electron chi connectivity index (χ0n) is 18.2. The molecule has 0 radical (unpaired) electrons. The number of carbonyl (C=O) groups is 1. The van der Waals surface area contributed by atoms with E-state index < -0.39 is 23.3 Å². The topological polar surface area (TPSA) is 58.9 Å². The van der Waals surface area contributed by atoms with Gasteiger partial charge in [0.05, 0.1) is 17.4 Å². The highest BCUT2D eigenvalue weighted by Crippen LogP contribution is 2.37. The van der Waals surface area contributed by atoms with Crippen LogP contribution in [0.2, 0.25) is 0 Å². The van der Waals surface area contributed by atoms with E-state index in [0.717, 1.165) is 33.8 Å². The van der Waals surface area contributed by atoms with Crippen molar-refractivity contribution in [3.8, 4) is 11.1 Å². The molecule has 1 amide bonds. The minimum atomic E-state index is -0.629. The maximum atomic E-state index is 14.0. The maximum Gasteiger partial charge on any atom is 0.407 e. The van der Waals surface area contributed by atoms with Crippen LogP contribution in [-0.4, -0.2) is 40.4 Å². The van der Waals surface area contributed by atoms with Crippen LogP contribution < -0.4 is 10.2 Å². The minimum Gasteiger partial charge on any atom is -0.444 e. The Morgan fingerprint density at radius 3 is 2.44 bits per heavy atom. The third-order valence-corrected chi connectivity index (χ3v) is 6.13. The Morgan fingerprint density at radius 1 is 1.16 bits per heavy atom. The van der Waals surface area contributed by atoms with Crippen LogP contribution in [0.3, 0.4) is 0 Å². The Morgan fingerprint density at radius 2 is 1.81 bits per heavy atom. The van der Waals surface area contributed by atoms with E-state index in [2.05, 4.69) is 37.9 Å². The second-order valence-corrected chi connectivity index (χ2v) is 10.0. The Labute approximate surface area is 199 Å². The Kier molecular flexibility index (Phi) is 6.28. The van der Waals surface area contributed by atoms with Gasteiger partial charge in [-0.3, -0.25) is 0 Å². The van der Waals surface area contributed by atoms with Gasteiger partial charge in [-0.05, 0) is 86.0 Å². The van der Waals surface area contributed by atoms with Crippen LogP contribution in [0.25, 0.3) is 16.6 Å². The average Bonchev–Trinajstić information content (AvgIpc) is 3.07. The zero-order chi connectivity index (χ0) is 23.0. The van der Waals surface area contributed by atoms with E-state index in [9.17, 15) is 13.6 Å². The van der Waals surface area contributed by atoms with Gasteiger partial charge in [0.2, 0.25) is 0 Å². The van der Waals surface area contributed by atoms with Crippen LogP contribution in [0.15, 0.2) is 36.5 Å². The number of aromatic nitrogens is 2. The average molecular weight is 554 g/mol. The molecule has 170 valence electrons. The summed E-state index contributed by atoms with van der Waals surface area (Å²) in [6.07, 6.45) is 2.69. The third kappa shape index (κ3) is 4.97. The molecule has 1 aromatic carbocycles. The van der Waals surface area contributed by atoms with Gasteiger partial charge >= 0.3 is 6.09 Å². The molecule has 0 spiro atoms. The molecular weight excluding hydrogens is 529 g/mol. The molecule has 0 bridgehead atoms. The van der Waals surface area contributed by atoms with Gasteiger partial charge in [-0.15, -0.1) is 0 Å². The van der Waals surface area contributed by atoms with Crippen LogP contribution in [0.4, 0.5) is 19.3 Å². The minimum absolute atomic E-state index is 0.000874. The summed E-state index contributed by atoms with van der Waals surface area (Å²) >= 11 is 2.21. The first-order chi connectivity index (χ1) is 15.1. The van der Waals surface area contributed by atoms with Gasteiger partial charge in [-0.25, -0.2) is 18.1 Å². The predicted octanol–water partition coefficient (Wildman–Crippen LogP) is 5.38. The van der Waals surface area contributed by atoms with E-state index in [4.69, 9.17) is 4.74 Å². The zero-order valence-corrected chi connectivity index (χ0v) is 20.3. The summed E-state index contributed by atoms with van der Waals surface area (Å²) in [5, 5.41) is 7.43. The first kappa shape index (κ1) is 22.8. The lowest BCUT2D eigenvalue weighted by Gasteiger charge is -2.35. The number of halogens is 3. The maximum absolute atomic E-state index is 14.0. The molecule has 9 heteroatoms. The van der Waals surface area contributed by atoms with E-state index in [1.807, 2.05) is 37.4 Å². The third-order valence-electron chi connectivity index (χ3n) is 5.31. The molecule has 32 heavy (non-hydrogen) atoms. The smallest absolute Gasteiger partial charge is 0.407 e. The van der Waals surface area contributed by atoms with Crippen molar-refractivity contribution >= 4 is 39.9 Å². The summed E-state index contributed by atoms with van der Waals surface area (Å²) in [5.41, 5.74) is 2.31. The van der Waals surface area contributed by atoms with Gasteiger partial charge < -0.3 is 15.0 Å². The number of hydrogen-bond donors (Lipinski definition) is 1. The SMILES string of the molecule is CC(C)(C)OC(=O)NC1CCN(c2c(-c3cc(F)cc(F)c3)cnn3c(I)ccc23)CC1. The van der Waals surface area contributed by atoms with Gasteiger partial charge in [0, 0.05) is 30.8 Å². The molecule has 6 nitrogen and oxygen atoms in total. The molecule has 0 aliphatic carbocycles. The summed E-state index contributed by atoms with van der Waals surface area (Å²) in [7, 11) is 0. The van der Waals surface area contributed by atoms with Crippen molar-refractivity contribution in [2.24, 2.45) is 0 Å². The fourth-order valence-electron chi connectivity index (χ4n) is 3.99. The highest BCUT2D eigenvalue weighted by Gasteiger charge is 2.27. The van der Waals surface area contributed by atoms with E-state index in [1.54, 1.807) is 6.20 Å². The number of amides is 1. The molecule has 0 saturated carbocycles. The largest absolute Gasteiger partial charge is 0.444 e. The number of benzene rings is 1. The molecule has 3 heterocycles. The van der Waals surface area contributed by atoms with E-state index in [-0.39, 0.29) is 6.04 Å². The Bertz CT molecular complexity index is 1130. The fraction of sp³-hybridized carbons (Fsp3) is 0.391. The van der Waals surface area contributed by atoms with E-state index in [1.165, 1.54) is 12.1 Å². The van der Waals surface area contributed by atoms with Crippen LogP contribution in [0, 0.1) is 15.3 Å². The summed E-state index contributed by atoms with van der Waals surface area (Å²) in [5.74, 6) is -1.26. The number of nitrogens with one attached hydrogen (secondary N) is 1. The molecule has 2 aromatic heterocycles. The molecular formula is C23H25F2IN4O2. The quantitative estimate of drug-likeness (QED) is 0.442. The van der Waals surface area contributed by atoms with Crippen molar-refractivity contribution in [3.05, 3.63) is 51.9 Å². The Balaban J connectivity index is 1.62. The summed E-state index contributed by atoms with van der Waals surface area (Å²) in [4.78, 5) is 14.3. The van der Waals surface area contributed by atoms with Crippen molar-refractivity contribution < 1.29 is 18.3 Å². The number of nitrogens with zero attached hydrogens (tertiary/aromatic N) is 3. The Hall–Kier alpha value is -2.43. The molecule has 3 aromatic rings. The highest BCUT2D eigenvalue weighted by molar-refractivity contribution is 14.1. The lowest BCUT2D eigenvalue weighted by Crippen LogP contribution is -2.46. The predicted molar refractivity (Wildman–Crippen MR) is 128 cm³/mol. The summed E-state index contributed by atoms with van der Waals surface area (Å²) < 4.78 is 36.1. The van der Waals surface area contributed by atoms with Crippen molar-refractivity contribution in [1.82, 2.24) is 14.9 Å². The number of fused-ring (bicyclic) bond motifs is 1. The van der Waals surface area contributed by atoms with Gasteiger partial charge in [0.25, 0.3) is 0 Å². The lowest BCUT2D eigenvalue weighted by atomic mass is 10.0. The number of anilines is 1. The van der Waals surface area contributed by atoms with Crippen molar-refractivity contribution in [2.45, 2.75) is 45.3 Å². The van der Waals surface area contributed by atoms with Crippen molar-refractivity contribution in [3.63, 3.8) is 0 Å². The van der Waals surface area contributed by atoms with Crippen molar-refractivity contribution in [1.29, 1.82) is 0 Å². The van der Waals surface area contributed by atoms with E-state index in [0.29, 0.717) is 24.2 Å². The molecule has 1 aliphatic heterocycles. The normalized spacial score (nSPS) is 15.2. The number of ether oxygens (including phenoxy) is 1. The second kappa shape index (κ2) is 8.84. The van der Waals surface area contributed by atoms with Gasteiger partial charge in [0.1, 0.15) is 20.9 Å². The number of carbonyl (C=O) groups excluding carboxylic acids is 1. The number of piperidine rings is 1. The van der Waals surface area contributed by atoms with Crippen LogP contribution in [0.1, 0.15) is 33.6 Å². The molecule has 0 unspecified atom stereocenters. The highest BCUT2D eigenvalue weighted by atomic mass is 127. The van der Waals surface area contributed by atoms with Gasteiger partial charge in [-0.1, -0.05) is 0 Å². The molecule has 0 atom stereocenters. The van der Waals surface area contributed by atoms with Crippen LogP contribution in [-0.2, 0) is 4.74 Å². The number of rotatable bonds is 3. The van der Waals surface area contributed by atoms with Gasteiger partial charge in [-0.2, -0.15) is 5.10 Å². The molecule has 1 saturated heterocycles. The molecule has 1 fully saturated rings. The van der Waals surface area contributed by atoms with Crippen LogP contribution >= 0.6 is 22.6 Å². The molecule has 1 aliphatic rings. The first-order valence-electron chi connectivity index (χ1n) is 10.5. The second-order valence-electron chi connectivity index (χ2n) is 8.93.